The van der Waals surface area contributed by atoms with Crippen molar-refractivity contribution < 1.29 is 14.6 Å². The molecular formula is C21H28N2O3. The zero-order valence-corrected chi connectivity index (χ0v) is 15.7. The van der Waals surface area contributed by atoms with Gasteiger partial charge in [-0.2, -0.15) is 0 Å². The molecule has 0 amide bonds. The monoisotopic (exact) mass is 356 g/mol. The van der Waals surface area contributed by atoms with Crippen LogP contribution in [0.2, 0.25) is 0 Å². The molecule has 2 aliphatic rings. The van der Waals surface area contributed by atoms with Crippen LogP contribution >= 0.6 is 0 Å². The van der Waals surface area contributed by atoms with Crippen molar-refractivity contribution in [2.75, 3.05) is 19.7 Å². The van der Waals surface area contributed by atoms with Crippen molar-refractivity contribution in [3.8, 4) is 5.75 Å². The number of hydrogen-bond acceptors (Lipinski definition) is 4. The number of aromatic hydroxyl groups is 1. The number of carbonyl (C=O) groups is 1. The van der Waals surface area contributed by atoms with Crippen LogP contribution in [-0.2, 0) is 11.2 Å². The van der Waals surface area contributed by atoms with Gasteiger partial charge in [0.1, 0.15) is 5.75 Å². The van der Waals surface area contributed by atoms with Crippen LogP contribution in [0.1, 0.15) is 56.7 Å². The van der Waals surface area contributed by atoms with Crippen molar-refractivity contribution in [3.05, 3.63) is 29.5 Å². The van der Waals surface area contributed by atoms with Crippen molar-refractivity contribution in [1.29, 1.82) is 0 Å². The van der Waals surface area contributed by atoms with E-state index in [9.17, 15) is 9.90 Å². The molecule has 140 valence electrons. The first kappa shape index (κ1) is 17.4. The van der Waals surface area contributed by atoms with Gasteiger partial charge in [-0.25, -0.2) is 9.36 Å². The Morgan fingerprint density at radius 3 is 2.92 bits per heavy atom. The van der Waals surface area contributed by atoms with Crippen molar-refractivity contribution in [3.63, 3.8) is 0 Å². The predicted octanol–water partition coefficient (Wildman–Crippen LogP) is 4.26. The quantitative estimate of drug-likeness (QED) is 0.893. The summed E-state index contributed by atoms with van der Waals surface area (Å²) >= 11 is 0. The molecular weight excluding hydrogens is 328 g/mol. The third-order valence-electron chi connectivity index (χ3n) is 6.03. The molecule has 5 nitrogen and oxygen atoms in total. The fraction of sp³-hybridized carbons (Fsp3) is 0.571. The zero-order chi connectivity index (χ0) is 18.3. The first-order valence-corrected chi connectivity index (χ1v) is 9.93. The van der Waals surface area contributed by atoms with Gasteiger partial charge in [0.15, 0.2) is 0 Å². The minimum atomic E-state index is -0.293. The standard InChI is InChI=1S/C21H28N2O3/c1-3-6-18-16-7-5-11-22(18)12-10-15-17-13-14(24)8-9-19(17)23(20(15)16)21(25)26-4-2/h8-9,13,16,18,24H,3-7,10-12H2,1-2H3/t16-,18?/m1/s1. The highest BCUT2D eigenvalue weighted by atomic mass is 16.5. The summed E-state index contributed by atoms with van der Waals surface area (Å²) in [5.41, 5.74) is 3.21. The Hall–Kier alpha value is -2.01. The van der Waals surface area contributed by atoms with Crippen LogP contribution in [0.5, 0.6) is 5.75 Å². The average Bonchev–Trinajstić information content (AvgIpc) is 2.91. The molecule has 2 aromatic rings. The highest BCUT2D eigenvalue weighted by Gasteiger charge is 2.39. The van der Waals surface area contributed by atoms with E-state index in [0.717, 1.165) is 55.4 Å². The van der Waals surface area contributed by atoms with Crippen LogP contribution < -0.4 is 0 Å². The van der Waals surface area contributed by atoms with E-state index in [2.05, 4.69) is 11.8 Å². The van der Waals surface area contributed by atoms with Crippen molar-refractivity contribution in [2.24, 2.45) is 0 Å². The summed E-state index contributed by atoms with van der Waals surface area (Å²) in [6.45, 7) is 6.61. The van der Waals surface area contributed by atoms with Crippen molar-refractivity contribution in [2.45, 2.75) is 57.9 Å². The number of rotatable bonds is 3. The maximum absolute atomic E-state index is 12.9. The van der Waals surface area contributed by atoms with E-state index in [0.29, 0.717) is 18.6 Å². The normalized spacial score (nSPS) is 24.9. The summed E-state index contributed by atoms with van der Waals surface area (Å²) < 4.78 is 7.21. The molecule has 3 heterocycles. The van der Waals surface area contributed by atoms with Crippen molar-refractivity contribution in [1.82, 2.24) is 9.47 Å². The van der Waals surface area contributed by atoms with Crippen LogP contribution in [0.15, 0.2) is 18.2 Å². The number of phenols is 1. The Labute approximate surface area is 154 Å². The molecule has 1 fully saturated rings. The van der Waals surface area contributed by atoms with Gasteiger partial charge in [0.05, 0.1) is 12.1 Å². The van der Waals surface area contributed by atoms with E-state index in [-0.39, 0.29) is 11.8 Å². The molecule has 2 aliphatic heterocycles. The maximum atomic E-state index is 12.9. The maximum Gasteiger partial charge on any atom is 0.418 e. The van der Waals surface area contributed by atoms with Gasteiger partial charge in [-0.15, -0.1) is 0 Å². The zero-order valence-electron chi connectivity index (χ0n) is 15.7. The Morgan fingerprint density at radius 2 is 2.15 bits per heavy atom. The number of piperidine rings is 1. The van der Waals surface area contributed by atoms with Crippen molar-refractivity contribution >= 4 is 17.0 Å². The molecule has 0 spiro atoms. The number of fused-ring (bicyclic) bond motifs is 6. The third kappa shape index (κ3) is 2.69. The van der Waals surface area contributed by atoms with Crippen LogP contribution in [0, 0.1) is 0 Å². The van der Waals surface area contributed by atoms with Gasteiger partial charge < -0.3 is 9.84 Å². The van der Waals surface area contributed by atoms with E-state index < -0.39 is 0 Å². The highest BCUT2D eigenvalue weighted by molar-refractivity contribution is 5.95. The molecule has 0 aliphatic carbocycles. The van der Waals surface area contributed by atoms with Crippen LogP contribution in [0.4, 0.5) is 4.79 Å². The number of phenolic OH excluding ortho intramolecular Hbond substituents is 1. The van der Waals surface area contributed by atoms with Crippen LogP contribution in [0.25, 0.3) is 10.9 Å². The summed E-state index contributed by atoms with van der Waals surface area (Å²) in [5.74, 6) is 0.596. The van der Waals surface area contributed by atoms with E-state index in [1.54, 1.807) is 10.6 Å². The second kappa shape index (κ2) is 6.95. The molecule has 0 radical (unpaired) electrons. The topological polar surface area (TPSA) is 54.7 Å². The molecule has 2 bridgehead atoms. The Bertz CT molecular complexity index is 826. The Morgan fingerprint density at radius 1 is 1.31 bits per heavy atom. The molecule has 1 N–H and O–H groups in total. The largest absolute Gasteiger partial charge is 0.508 e. The molecule has 2 unspecified atom stereocenters. The predicted molar refractivity (Wildman–Crippen MR) is 102 cm³/mol. The first-order valence-electron chi connectivity index (χ1n) is 9.93. The van der Waals surface area contributed by atoms with Gasteiger partial charge in [0.25, 0.3) is 0 Å². The minimum absolute atomic E-state index is 0.249. The lowest BCUT2D eigenvalue weighted by Gasteiger charge is -2.40. The summed E-state index contributed by atoms with van der Waals surface area (Å²) in [4.78, 5) is 15.5. The van der Waals surface area contributed by atoms with Gasteiger partial charge in [-0.05, 0) is 62.9 Å². The smallest absolute Gasteiger partial charge is 0.418 e. The molecule has 0 saturated carbocycles. The lowest BCUT2D eigenvalue weighted by atomic mass is 9.84. The second-order valence-corrected chi connectivity index (χ2v) is 7.49. The summed E-state index contributed by atoms with van der Waals surface area (Å²) in [7, 11) is 0. The van der Waals surface area contributed by atoms with E-state index >= 15 is 0 Å². The molecule has 1 aromatic heterocycles. The van der Waals surface area contributed by atoms with Gasteiger partial charge >= 0.3 is 6.09 Å². The number of carbonyl (C=O) groups excluding carboxylic acids is 1. The van der Waals surface area contributed by atoms with Gasteiger partial charge in [0.2, 0.25) is 0 Å². The lowest BCUT2D eigenvalue weighted by molar-refractivity contribution is 0.121. The number of aromatic nitrogens is 1. The van der Waals surface area contributed by atoms with Crippen LogP contribution in [0.3, 0.4) is 0 Å². The molecule has 5 heteroatoms. The van der Waals surface area contributed by atoms with Gasteiger partial charge in [-0.1, -0.05) is 13.3 Å². The number of hydrogen-bond donors (Lipinski definition) is 1. The SMILES string of the molecule is CCCC1[C@H]2CCCN1CCc1c2n(C(=O)OCC)c2ccc(O)cc12. The summed E-state index contributed by atoms with van der Waals surface area (Å²) in [6, 6.07) is 5.81. The fourth-order valence-electron chi connectivity index (χ4n) is 5.06. The lowest BCUT2D eigenvalue weighted by Crippen LogP contribution is -2.44. The van der Waals surface area contributed by atoms with E-state index in [1.807, 2.05) is 19.1 Å². The molecule has 1 aromatic carbocycles. The molecule has 1 saturated heterocycles. The third-order valence-corrected chi connectivity index (χ3v) is 6.03. The Balaban J connectivity index is 1.96. The second-order valence-electron chi connectivity index (χ2n) is 7.49. The van der Waals surface area contributed by atoms with Gasteiger partial charge in [0, 0.05) is 29.6 Å². The fourth-order valence-corrected chi connectivity index (χ4v) is 5.06. The number of ether oxygens (including phenoxy) is 1. The van der Waals surface area contributed by atoms with Crippen LogP contribution in [-0.4, -0.2) is 46.4 Å². The summed E-state index contributed by atoms with van der Waals surface area (Å²) in [5, 5.41) is 11.0. The van der Waals surface area contributed by atoms with E-state index in [4.69, 9.17) is 4.74 Å². The average molecular weight is 356 g/mol. The first-order chi connectivity index (χ1) is 12.7. The Kier molecular flexibility index (Phi) is 4.65. The molecule has 26 heavy (non-hydrogen) atoms. The minimum Gasteiger partial charge on any atom is -0.508 e. The number of nitrogens with zero attached hydrogens (tertiary/aromatic N) is 2. The van der Waals surface area contributed by atoms with E-state index in [1.165, 1.54) is 12.0 Å². The number of benzene rings is 1. The summed E-state index contributed by atoms with van der Waals surface area (Å²) in [6.07, 6.45) is 5.19. The highest BCUT2D eigenvalue weighted by Crippen LogP contribution is 2.43. The van der Waals surface area contributed by atoms with Gasteiger partial charge in [-0.3, -0.25) is 4.90 Å². The molecule has 3 atom stereocenters. The molecule has 4 rings (SSSR count).